The van der Waals surface area contributed by atoms with Crippen LogP contribution >= 0.6 is 0 Å². The van der Waals surface area contributed by atoms with Crippen molar-refractivity contribution < 1.29 is 4.39 Å². The van der Waals surface area contributed by atoms with Crippen LogP contribution in [0.25, 0.3) is 5.57 Å². The van der Waals surface area contributed by atoms with Gasteiger partial charge in [0.25, 0.3) is 0 Å². The largest absolute Gasteiger partial charge is 0.284 e. The van der Waals surface area contributed by atoms with Crippen LogP contribution in [0, 0.1) is 0 Å². The zero-order valence-corrected chi connectivity index (χ0v) is 7.20. The van der Waals surface area contributed by atoms with Gasteiger partial charge in [0.05, 0.1) is 0 Å². The molecule has 0 saturated carbocycles. The first-order chi connectivity index (χ1) is 6.36. The van der Waals surface area contributed by atoms with E-state index in [9.17, 15) is 4.39 Å². The fourth-order valence-electron chi connectivity index (χ4n) is 1.46. The molecule has 1 N–H and O–H groups in total. The van der Waals surface area contributed by atoms with Crippen LogP contribution in [0.4, 0.5) is 4.39 Å². The standard InChI is InChI=1S/C10H11FN2/c11-10-7-9(3-6-13-10)8-1-4-12-5-2-8/h1-5,10,13H,6-7H2. The lowest BCUT2D eigenvalue weighted by atomic mass is 10.0. The van der Waals surface area contributed by atoms with Gasteiger partial charge in [-0.25, -0.2) is 4.39 Å². The molecule has 13 heavy (non-hydrogen) atoms. The summed E-state index contributed by atoms with van der Waals surface area (Å²) in [6.07, 6.45) is 5.01. The van der Waals surface area contributed by atoms with E-state index in [4.69, 9.17) is 0 Å². The molecule has 1 aromatic heterocycles. The molecule has 2 nitrogen and oxygen atoms in total. The van der Waals surface area contributed by atoms with Crippen LogP contribution < -0.4 is 5.32 Å². The second-order valence-corrected chi connectivity index (χ2v) is 3.05. The Morgan fingerprint density at radius 3 is 2.85 bits per heavy atom. The molecule has 0 spiro atoms. The van der Waals surface area contributed by atoms with E-state index < -0.39 is 6.30 Å². The minimum atomic E-state index is -0.909. The molecule has 3 heteroatoms. The van der Waals surface area contributed by atoms with E-state index >= 15 is 0 Å². The van der Waals surface area contributed by atoms with E-state index in [0.717, 1.165) is 11.1 Å². The highest BCUT2D eigenvalue weighted by atomic mass is 19.1. The van der Waals surface area contributed by atoms with Crippen LogP contribution in [0.1, 0.15) is 12.0 Å². The molecule has 0 bridgehead atoms. The predicted molar refractivity (Wildman–Crippen MR) is 49.7 cm³/mol. The molecular weight excluding hydrogens is 167 g/mol. The molecule has 1 aliphatic rings. The van der Waals surface area contributed by atoms with Crippen molar-refractivity contribution in [1.29, 1.82) is 0 Å². The van der Waals surface area contributed by atoms with Crippen LogP contribution in [0.2, 0.25) is 0 Å². The third-order valence-electron chi connectivity index (χ3n) is 2.14. The van der Waals surface area contributed by atoms with Gasteiger partial charge in [0.15, 0.2) is 6.30 Å². The number of aromatic nitrogens is 1. The Kier molecular flexibility index (Phi) is 2.36. The number of alkyl halides is 1. The van der Waals surface area contributed by atoms with Crippen molar-refractivity contribution in [1.82, 2.24) is 10.3 Å². The number of nitrogens with one attached hydrogen (secondary N) is 1. The lowest BCUT2D eigenvalue weighted by Crippen LogP contribution is -2.28. The molecule has 0 saturated heterocycles. The summed E-state index contributed by atoms with van der Waals surface area (Å²) in [5, 5.41) is 2.72. The van der Waals surface area contributed by atoms with Crippen LogP contribution in [0.15, 0.2) is 30.6 Å². The molecule has 0 amide bonds. The summed E-state index contributed by atoms with van der Waals surface area (Å²) in [6, 6.07) is 3.81. The monoisotopic (exact) mass is 178 g/mol. The second-order valence-electron chi connectivity index (χ2n) is 3.05. The zero-order chi connectivity index (χ0) is 9.10. The summed E-state index contributed by atoms with van der Waals surface area (Å²) < 4.78 is 13.0. The number of hydrogen-bond donors (Lipinski definition) is 1. The molecule has 2 rings (SSSR count). The minimum absolute atomic E-state index is 0.448. The quantitative estimate of drug-likeness (QED) is 0.663. The van der Waals surface area contributed by atoms with Gasteiger partial charge in [0.1, 0.15) is 0 Å². The van der Waals surface area contributed by atoms with Gasteiger partial charge >= 0.3 is 0 Å². The molecule has 1 unspecified atom stereocenters. The molecule has 0 aromatic carbocycles. The summed E-state index contributed by atoms with van der Waals surface area (Å²) in [6.45, 7) is 0.610. The first-order valence-electron chi connectivity index (χ1n) is 4.33. The zero-order valence-electron chi connectivity index (χ0n) is 7.20. The van der Waals surface area contributed by atoms with Crippen LogP contribution in [-0.4, -0.2) is 17.8 Å². The molecule has 0 radical (unpaired) electrons. The number of pyridine rings is 1. The highest BCUT2D eigenvalue weighted by molar-refractivity contribution is 5.66. The summed E-state index contributed by atoms with van der Waals surface area (Å²) in [7, 11) is 0. The Bertz CT molecular complexity index is 308. The van der Waals surface area contributed by atoms with Crippen molar-refractivity contribution in [3.05, 3.63) is 36.2 Å². The van der Waals surface area contributed by atoms with E-state index in [1.807, 2.05) is 18.2 Å². The molecule has 68 valence electrons. The number of rotatable bonds is 1. The molecule has 2 heterocycles. The van der Waals surface area contributed by atoms with Crippen molar-refractivity contribution in [3.63, 3.8) is 0 Å². The average Bonchev–Trinajstić information content (AvgIpc) is 2.19. The lowest BCUT2D eigenvalue weighted by Gasteiger charge is -2.17. The van der Waals surface area contributed by atoms with E-state index in [-0.39, 0.29) is 0 Å². The Hall–Kier alpha value is -1.22. The summed E-state index contributed by atoms with van der Waals surface area (Å²) >= 11 is 0. The Balaban J connectivity index is 2.22. The van der Waals surface area contributed by atoms with Gasteiger partial charge in [-0.15, -0.1) is 0 Å². The molecule has 1 aliphatic heterocycles. The minimum Gasteiger partial charge on any atom is -0.284 e. The van der Waals surface area contributed by atoms with Gasteiger partial charge in [0.2, 0.25) is 0 Å². The predicted octanol–water partition coefficient (Wildman–Crippen LogP) is 1.75. The second kappa shape index (κ2) is 3.66. The first-order valence-corrected chi connectivity index (χ1v) is 4.33. The van der Waals surface area contributed by atoms with Gasteiger partial charge in [-0.2, -0.15) is 0 Å². The third kappa shape index (κ3) is 1.92. The van der Waals surface area contributed by atoms with Gasteiger partial charge in [-0.3, -0.25) is 10.3 Å². The van der Waals surface area contributed by atoms with E-state index in [2.05, 4.69) is 10.3 Å². The normalized spacial score (nSPS) is 22.5. The maximum Gasteiger partial charge on any atom is 0.155 e. The maximum absolute atomic E-state index is 13.0. The van der Waals surface area contributed by atoms with Gasteiger partial charge < -0.3 is 0 Å². The van der Waals surface area contributed by atoms with Crippen molar-refractivity contribution in [2.45, 2.75) is 12.7 Å². The summed E-state index contributed by atoms with van der Waals surface area (Å²) in [5.74, 6) is 0. The van der Waals surface area contributed by atoms with Crippen molar-refractivity contribution in [3.8, 4) is 0 Å². The molecule has 0 fully saturated rings. The van der Waals surface area contributed by atoms with E-state index in [1.165, 1.54) is 0 Å². The van der Waals surface area contributed by atoms with Crippen LogP contribution in [-0.2, 0) is 0 Å². The lowest BCUT2D eigenvalue weighted by molar-refractivity contribution is 0.283. The van der Waals surface area contributed by atoms with Crippen LogP contribution in [0.5, 0.6) is 0 Å². The molecular formula is C10H11FN2. The Morgan fingerprint density at radius 1 is 1.38 bits per heavy atom. The summed E-state index contributed by atoms with van der Waals surface area (Å²) in [4.78, 5) is 3.92. The SMILES string of the molecule is FC1CC(c2ccncc2)=CCN1. The Labute approximate surface area is 76.5 Å². The highest BCUT2D eigenvalue weighted by Gasteiger charge is 2.13. The van der Waals surface area contributed by atoms with Crippen LogP contribution in [0.3, 0.4) is 0 Å². The van der Waals surface area contributed by atoms with Crippen molar-refractivity contribution in [2.75, 3.05) is 6.54 Å². The number of nitrogens with zero attached hydrogens (tertiary/aromatic N) is 1. The third-order valence-corrected chi connectivity index (χ3v) is 2.14. The molecule has 0 aliphatic carbocycles. The summed E-state index contributed by atoms with van der Waals surface area (Å²) in [5.41, 5.74) is 2.13. The average molecular weight is 178 g/mol. The maximum atomic E-state index is 13.0. The highest BCUT2D eigenvalue weighted by Crippen LogP contribution is 2.21. The van der Waals surface area contributed by atoms with E-state index in [1.54, 1.807) is 12.4 Å². The van der Waals surface area contributed by atoms with Gasteiger partial charge in [0, 0.05) is 25.4 Å². The van der Waals surface area contributed by atoms with E-state index in [0.29, 0.717) is 13.0 Å². The number of halogens is 1. The molecule has 1 aromatic rings. The fourth-order valence-corrected chi connectivity index (χ4v) is 1.46. The van der Waals surface area contributed by atoms with Gasteiger partial charge in [-0.05, 0) is 23.3 Å². The first kappa shape index (κ1) is 8.38. The topological polar surface area (TPSA) is 24.9 Å². The Morgan fingerprint density at radius 2 is 2.15 bits per heavy atom. The fraction of sp³-hybridized carbons (Fsp3) is 0.300. The number of hydrogen-bond acceptors (Lipinski definition) is 2. The van der Waals surface area contributed by atoms with Crippen molar-refractivity contribution in [2.24, 2.45) is 0 Å². The van der Waals surface area contributed by atoms with Gasteiger partial charge in [-0.1, -0.05) is 6.08 Å². The van der Waals surface area contributed by atoms with Crippen molar-refractivity contribution >= 4 is 5.57 Å². The smallest absolute Gasteiger partial charge is 0.155 e. The molecule has 1 atom stereocenters.